The summed E-state index contributed by atoms with van der Waals surface area (Å²) in [7, 11) is 1.63. The summed E-state index contributed by atoms with van der Waals surface area (Å²) in [6, 6.07) is 7.54. The second-order valence-corrected chi connectivity index (χ2v) is 4.98. The molecule has 0 unspecified atom stereocenters. The van der Waals surface area contributed by atoms with Crippen molar-refractivity contribution in [2.45, 2.75) is 0 Å². The molecule has 0 radical (unpaired) electrons. The highest BCUT2D eigenvalue weighted by Gasteiger charge is 2.30. The van der Waals surface area contributed by atoms with Crippen molar-refractivity contribution in [1.29, 1.82) is 0 Å². The predicted octanol–water partition coefficient (Wildman–Crippen LogP) is 2.49. The Morgan fingerprint density at radius 1 is 1.37 bits per heavy atom. The molecule has 5 heteroatoms. The van der Waals surface area contributed by atoms with Crippen molar-refractivity contribution in [3.8, 4) is 5.75 Å². The molecular formula is C14H12N2O2S. The molecule has 2 heterocycles. The van der Waals surface area contributed by atoms with Crippen molar-refractivity contribution in [3.05, 3.63) is 47.0 Å². The van der Waals surface area contributed by atoms with E-state index in [0.29, 0.717) is 12.2 Å². The summed E-state index contributed by atoms with van der Waals surface area (Å²) in [5.41, 5.74) is 1.42. The molecule has 1 amide bonds. The molecule has 19 heavy (non-hydrogen) atoms. The van der Waals surface area contributed by atoms with Crippen LogP contribution in [0.15, 0.2) is 46.4 Å². The number of nitrogens with zero attached hydrogens (tertiary/aromatic N) is 2. The van der Waals surface area contributed by atoms with Crippen LogP contribution in [0.1, 0.15) is 5.56 Å². The Balaban J connectivity index is 1.88. The van der Waals surface area contributed by atoms with Gasteiger partial charge in [-0.3, -0.25) is 9.69 Å². The van der Waals surface area contributed by atoms with E-state index in [9.17, 15) is 4.79 Å². The van der Waals surface area contributed by atoms with Crippen LogP contribution in [0.2, 0.25) is 0 Å². The number of methoxy groups -OCH3 is 1. The van der Waals surface area contributed by atoms with Gasteiger partial charge >= 0.3 is 0 Å². The molecule has 96 valence electrons. The van der Waals surface area contributed by atoms with Crippen molar-refractivity contribution in [1.82, 2.24) is 4.90 Å². The van der Waals surface area contributed by atoms with E-state index in [1.165, 1.54) is 11.8 Å². The lowest BCUT2D eigenvalue weighted by molar-refractivity contribution is -0.122. The van der Waals surface area contributed by atoms with Crippen LogP contribution in [-0.2, 0) is 4.79 Å². The second-order valence-electron chi connectivity index (χ2n) is 4.10. The third-order valence-corrected chi connectivity index (χ3v) is 3.74. The Kier molecular flexibility index (Phi) is 3.13. The van der Waals surface area contributed by atoms with E-state index in [1.807, 2.05) is 35.7 Å². The molecule has 0 aromatic heterocycles. The van der Waals surface area contributed by atoms with Crippen LogP contribution < -0.4 is 4.74 Å². The fourth-order valence-electron chi connectivity index (χ4n) is 1.90. The fourth-order valence-corrected chi connectivity index (χ4v) is 2.64. The Labute approximate surface area is 115 Å². The minimum atomic E-state index is -0.0392. The molecular weight excluding hydrogens is 260 g/mol. The number of hydrogen-bond donors (Lipinski definition) is 0. The van der Waals surface area contributed by atoms with Gasteiger partial charge in [-0.05, 0) is 29.2 Å². The summed E-state index contributed by atoms with van der Waals surface area (Å²) >= 11 is 1.47. The Morgan fingerprint density at radius 2 is 2.16 bits per heavy atom. The van der Waals surface area contributed by atoms with Gasteiger partial charge in [0, 0.05) is 6.54 Å². The highest BCUT2D eigenvalue weighted by atomic mass is 32.2. The van der Waals surface area contributed by atoms with Crippen molar-refractivity contribution in [2.24, 2.45) is 4.99 Å². The number of amides is 1. The van der Waals surface area contributed by atoms with E-state index in [-0.39, 0.29) is 5.91 Å². The van der Waals surface area contributed by atoms with Gasteiger partial charge in [-0.2, -0.15) is 0 Å². The Hall–Kier alpha value is -2.01. The number of fused-ring (bicyclic) bond motifs is 1. The number of rotatable bonds is 2. The summed E-state index contributed by atoms with van der Waals surface area (Å²) < 4.78 is 5.10. The molecule has 1 aromatic carbocycles. The Bertz CT molecular complexity index is 602. The minimum absolute atomic E-state index is 0.0392. The van der Waals surface area contributed by atoms with Crippen LogP contribution >= 0.6 is 11.8 Å². The molecule has 0 atom stereocenters. The predicted molar refractivity (Wildman–Crippen MR) is 76.9 cm³/mol. The summed E-state index contributed by atoms with van der Waals surface area (Å²) in [4.78, 5) is 18.2. The van der Waals surface area contributed by atoms with E-state index in [0.717, 1.165) is 16.5 Å². The SMILES string of the molecule is COc1ccc(/C=C2/N=C3SC=CCN3C2=O)cc1. The first kappa shape index (κ1) is 12.0. The number of amidine groups is 1. The maximum Gasteiger partial charge on any atom is 0.278 e. The number of ether oxygens (including phenoxy) is 1. The monoisotopic (exact) mass is 272 g/mol. The number of hydrogen-bond acceptors (Lipinski definition) is 4. The lowest BCUT2D eigenvalue weighted by Crippen LogP contribution is -2.31. The molecule has 0 aliphatic carbocycles. The number of carbonyl (C=O) groups is 1. The zero-order valence-electron chi connectivity index (χ0n) is 10.4. The van der Waals surface area contributed by atoms with Gasteiger partial charge in [-0.1, -0.05) is 30.0 Å². The van der Waals surface area contributed by atoms with Crippen molar-refractivity contribution >= 4 is 28.9 Å². The van der Waals surface area contributed by atoms with Gasteiger partial charge in [0.2, 0.25) is 0 Å². The highest BCUT2D eigenvalue weighted by Crippen LogP contribution is 2.27. The van der Waals surface area contributed by atoms with Gasteiger partial charge in [-0.15, -0.1) is 0 Å². The Morgan fingerprint density at radius 3 is 2.84 bits per heavy atom. The molecule has 0 spiro atoms. The third kappa shape index (κ3) is 2.29. The molecule has 2 aliphatic heterocycles. The van der Waals surface area contributed by atoms with Gasteiger partial charge < -0.3 is 4.74 Å². The first-order valence-electron chi connectivity index (χ1n) is 5.86. The maximum atomic E-state index is 12.1. The van der Waals surface area contributed by atoms with Crippen LogP contribution in [0.3, 0.4) is 0 Å². The summed E-state index contributed by atoms with van der Waals surface area (Å²) in [6.45, 7) is 0.602. The highest BCUT2D eigenvalue weighted by molar-refractivity contribution is 8.16. The van der Waals surface area contributed by atoms with Gasteiger partial charge in [0.25, 0.3) is 5.91 Å². The van der Waals surface area contributed by atoms with Gasteiger partial charge in [-0.25, -0.2) is 4.99 Å². The largest absolute Gasteiger partial charge is 0.497 e. The zero-order chi connectivity index (χ0) is 13.2. The number of carbonyl (C=O) groups excluding carboxylic acids is 1. The molecule has 3 rings (SSSR count). The molecule has 0 saturated heterocycles. The fraction of sp³-hybridized carbons (Fsp3) is 0.143. The van der Waals surface area contributed by atoms with Gasteiger partial charge in [0.1, 0.15) is 11.4 Å². The number of thioether (sulfide) groups is 1. The average molecular weight is 272 g/mol. The lowest BCUT2D eigenvalue weighted by atomic mass is 10.2. The van der Waals surface area contributed by atoms with E-state index in [2.05, 4.69) is 4.99 Å². The molecule has 0 N–H and O–H groups in total. The van der Waals surface area contributed by atoms with E-state index >= 15 is 0 Å². The number of benzene rings is 1. The van der Waals surface area contributed by atoms with E-state index in [4.69, 9.17) is 4.74 Å². The quantitative estimate of drug-likeness (QED) is 0.777. The standard InChI is InChI=1S/C14H12N2O2S/c1-18-11-5-3-10(4-6-11)9-12-13(17)16-7-2-8-19-14(16)15-12/h2-6,8-9H,7H2,1H3/b12-9+. The van der Waals surface area contributed by atoms with Crippen molar-refractivity contribution in [3.63, 3.8) is 0 Å². The number of aliphatic imine (C=N–C) groups is 1. The van der Waals surface area contributed by atoms with E-state index in [1.54, 1.807) is 18.1 Å². The molecule has 1 aromatic rings. The second kappa shape index (κ2) is 4.93. The molecule has 0 bridgehead atoms. The topological polar surface area (TPSA) is 41.9 Å². The minimum Gasteiger partial charge on any atom is -0.497 e. The molecule has 0 saturated carbocycles. The average Bonchev–Trinajstić information content (AvgIpc) is 2.77. The summed E-state index contributed by atoms with van der Waals surface area (Å²) in [5.74, 6) is 0.756. The lowest BCUT2D eigenvalue weighted by Gasteiger charge is -2.17. The van der Waals surface area contributed by atoms with Crippen LogP contribution in [-0.4, -0.2) is 29.6 Å². The normalized spacial score (nSPS) is 19.6. The van der Waals surface area contributed by atoms with Crippen LogP contribution in [0.5, 0.6) is 5.75 Å². The zero-order valence-corrected chi connectivity index (χ0v) is 11.2. The molecule has 4 nitrogen and oxygen atoms in total. The summed E-state index contributed by atoms with van der Waals surface area (Å²) in [6.07, 6.45) is 3.76. The van der Waals surface area contributed by atoms with Crippen LogP contribution in [0.25, 0.3) is 6.08 Å². The smallest absolute Gasteiger partial charge is 0.278 e. The first-order chi connectivity index (χ1) is 9.28. The summed E-state index contributed by atoms with van der Waals surface area (Å²) in [5, 5.41) is 2.71. The first-order valence-corrected chi connectivity index (χ1v) is 6.74. The van der Waals surface area contributed by atoms with Crippen LogP contribution in [0, 0.1) is 0 Å². The van der Waals surface area contributed by atoms with Gasteiger partial charge in [0.05, 0.1) is 7.11 Å². The van der Waals surface area contributed by atoms with Crippen molar-refractivity contribution in [2.75, 3.05) is 13.7 Å². The third-order valence-electron chi connectivity index (χ3n) is 2.89. The van der Waals surface area contributed by atoms with Crippen LogP contribution in [0.4, 0.5) is 0 Å². The van der Waals surface area contributed by atoms with Gasteiger partial charge in [0.15, 0.2) is 5.17 Å². The van der Waals surface area contributed by atoms with Crippen molar-refractivity contribution < 1.29 is 9.53 Å². The molecule has 0 fully saturated rings. The maximum absolute atomic E-state index is 12.1. The molecule has 2 aliphatic rings. The van der Waals surface area contributed by atoms with E-state index < -0.39 is 0 Å².